The molecule has 1 fully saturated rings. The molecule has 0 amide bonds. The summed E-state index contributed by atoms with van der Waals surface area (Å²) in [7, 11) is 4.18. The van der Waals surface area contributed by atoms with E-state index in [1.54, 1.807) is 0 Å². The second-order valence-corrected chi connectivity index (χ2v) is 6.24. The second kappa shape index (κ2) is 6.64. The Bertz CT molecular complexity index is 392. The molecular weight excluding hydrogens is 256 g/mol. The second-order valence-electron chi connectivity index (χ2n) is 5.47. The molecule has 1 aliphatic rings. The van der Waals surface area contributed by atoms with E-state index in [2.05, 4.69) is 67.7 Å². The standard InChI is InChI=1S/C15H24N2OS/c1-12(19)13-4-6-14(7-5-13)17-8-9-18-15(11-17)10-16(2)3/h4-7,12,15,19H,8-11H2,1-3H3/t12?,15-/m1/s1. The van der Waals surface area contributed by atoms with Crippen LogP contribution in [0.5, 0.6) is 0 Å². The van der Waals surface area contributed by atoms with Crippen LogP contribution in [-0.4, -0.2) is 51.3 Å². The predicted molar refractivity (Wildman–Crippen MR) is 84.4 cm³/mol. The summed E-state index contributed by atoms with van der Waals surface area (Å²) in [5.41, 5.74) is 2.55. The summed E-state index contributed by atoms with van der Waals surface area (Å²) in [6.45, 7) is 5.82. The normalized spacial score (nSPS) is 21.7. The Morgan fingerprint density at radius 2 is 2.05 bits per heavy atom. The van der Waals surface area contributed by atoms with Gasteiger partial charge in [0, 0.05) is 30.6 Å². The van der Waals surface area contributed by atoms with Crippen molar-refractivity contribution in [3.63, 3.8) is 0 Å². The minimum atomic E-state index is 0.292. The van der Waals surface area contributed by atoms with Crippen LogP contribution in [0.4, 0.5) is 5.69 Å². The first-order chi connectivity index (χ1) is 9.06. The van der Waals surface area contributed by atoms with Gasteiger partial charge in [-0.3, -0.25) is 0 Å². The molecule has 4 heteroatoms. The molecule has 106 valence electrons. The summed E-state index contributed by atoms with van der Waals surface area (Å²) in [6.07, 6.45) is 0.298. The van der Waals surface area contributed by atoms with Gasteiger partial charge in [0.2, 0.25) is 0 Å². The highest BCUT2D eigenvalue weighted by atomic mass is 32.1. The summed E-state index contributed by atoms with van der Waals surface area (Å²) in [5, 5.41) is 0.292. The number of anilines is 1. The quantitative estimate of drug-likeness (QED) is 0.853. The van der Waals surface area contributed by atoms with E-state index in [9.17, 15) is 0 Å². The third-order valence-electron chi connectivity index (χ3n) is 3.45. The number of hydrogen-bond donors (Lipinski definition) is 1. The van der Waals surface area contributed by atoms with E-state index in [0.29, 0.717) is 11.4 Å². The van der Waals surface area contributed by atoms with Gasteiger partial charge < -0.3 is 14.5 Å². The molecule has 0 N–H and O–H groups in total. The monoisotopic (exact) mass is 280 g/mol. The molecular formula is C15H24N2OS. The fraction of sp³-hybridized carbons (Fsp3) is 0.600. The fourth-order valence-electron chi connectivity index (χ4n) is 2.44. The van der Waals surface area contributed by atoms with E-state index in [1.165, 1.54) is 11.3 Å². The summed E-state index contributed by atoms with van der Waals surface area (Å²) in [6, 6.07) is 8.73. The van der Waals surface area contributed by atoms with Crippen molar-refractivity contribution in [2.45, 2.75) is 18.3 Å². The molecule has 2 rings (SSSR count). The van der Waals surface area contributed by atoms with Crippen LogP contribution >= 0.6 is 12.6 Å². The van der Waals surface area contributed by atoms with E-state index in [0.717, 1.165) is 26.2 Å². The molecule has 0 spiro atoms. The number of morpholine rings is 1. The average molecular weight is 280 g/mol. The predicted octanol–water partition coefficient (Wildman–Crippen LogP) is 2.44. The van der Waals surface area contributed by atoms with Gasteiger partial charge >= 0.3 is 0 Å². The molecule has 19 heavy (non-hydrogen) atoms. The van der Waals surface area contributed by atoms with Crippen LogP contribution in [0.1, 0.15) is 17.7 Å². The van der Waals surface area contributed by atoms with Gasteiger partial charge in [0.25, 0.3) is 0 Å². The SMILES string of the molecule is CC(S)c1ccc(N2CCO[C@H](CN(C)C)C2)cc1. The molecule has 1 aromatic rings. The van der Waals surface area contributed by atoms with Crippen LogP contribution in [0.15, 0.2) is 24.3 Å². The third kappa shape index (κ3) is 4.13. The topological polar surface area (TPSA) is 15.7 Å². The van der Waals surface area contributed by atoms with Crippen molar-refractivity contribution < 1.29 is 4.74 Å². The molecule has 1 aromatic carbocycles. The van der Waals surface area contributed by atoms with Crippen molar-refractivity contribution >= 4 is 18.3 Å². The lowest BCUT2D eigenvalue weighted by Gasteiger charge is -2.35. The lowest BCUT2D eigenvalue weighted by molar-refractivity contribution is 0.0248. The van der Waals surface area contributed by atoms with Gasteiger partial charge in [-0.25, -0.2) is 0 Å². The Kier molecular flexibility index (Phi) is 5.13. The van der Waals surface area contributed by atoms with Crippen molar-refractivity contribution in [1.82, 2.24) is 4.90 Å². The number of benzene rings is 1. The molecule has 0 bridgehead atoms. The Hall–Kier alpha value is -0.710. The summed E-state index contributed by atoms with van der Waals surface area (Å²) < 4.78 is 5.81. The van der Waals surface area contributed by atoms with E-state index in [1.807, 2.05) is 0 Å². The van der Waals surface area contributed by atoms with Crippen molar-refractivity contribution in [3.05, 3.63) is 29.8 Å². The van der Waals surface area contributed by atoms with Gasteiger partial charge in [-0.1, -0.05) is 12.1 Å². The highest BCUT2D eigenvalue weighted by molar-refractivity contribution is 7.80. The van der Waals surface area contributed by atoms with Crippen molar-refractivity contribution in [1.29, 1.82) is 0 Å². The number of nitrogens with zero attached hydrogens (tertiary/aromatic N) is 2. The molecule has 1 aliphatic heterocycles. The Balaban J connectivity index is 2.00. The Morgan fingerprint density at radius 1 is 1.37 bits per heavy atom. The van der Waals surface area contributed by atoms with Gasteiger partial charge in [0.05, 0.1) is 12.7 Å². The zero-order valence-electron chi connectivity index (χ0n) is 12.0. The van der Waals surface area contributed by atoms with Gasteiger partial charge in [0.1, 0.15) is 0 Å². The highest BCUT2D eigenvalue weighted by Gasteiger charge is 2.21. The summed E-state index contributed by atoms with van der Waals surface area (Å²) >= 11 is 4.46. The first kappa shape index (κ1) is 14.7. The maximum absolute atomic E-state index is 5.81. The first-order valence-electron chi connectivity index (χ1n) is 6.85. The first-order valence-corrected chi connectivity index (χ1v) is 7.37. The molecule has 1 saturated heterocycles. The minimum Gasteiger partial charge on any atom is -0.373 e. The number of rotatable bonds is 4. The number of likely N-dealkylation sites (N-methyl/N-ethyl adjacent to an activating group) is 1. The van der Waals surface area contributed by atoms with E-state index in [4.69, 9.17) is 4.74 Å². The zero-order valence-corrected chi connectivity index (χ0v) is 12.9. The van der Waals surface area contributed by atoms with Gasteiger partial charge in [-0.05, 0) is 38.7 Å². The fourth-order valence-corrected chi connectivity index (χ4v) is 2.61. The van der Waals surface area contributed by atoms with Crippen LogP contribution in [-0.2, 0) is 4.74 Å². The largest absolute Gasteiger partial charge is 0.373 e. The van der Waals surface area contributed by atoms with Crippen molar-refractivity contribution in [2.24, 2.45) is 0 Å². The molecule has 0 radical (unpaired) electrons. The van der Waals surface area contributed by atoms with Crippen molar-refractivity contribution in [2.75, 3.05) is 45.2 Å². The highest BCUT2D eigenvalue weighted by Crippen LogP contribution is 2.23. The summed E-state index contributed by atoms with van der Waals surface area (Å²) in [4.78, 5) is 4.59. The molecule has 0 saturated carbocycles. The Morgan fingerprint density at radius 3 is 2.63 bits per heavy atom. The summed E-state index contributed by atoms with van der Waals surface area (Å²) in [5.74, 6) is 0. The maximum Gasteiger partial charge on any atom is 0.0877 e. The van der Waals surface area contributed by atoms with Gasteiger partial charge in [-0.15, -0.1) is 0 Å². The van der Waals surface area contributed by atoms with Crippen LogP contribution in [0.3, 0.4) is 0 Å². The molecule has 0 aliphatic carbocycles. The maximum atomic E-state index is 5.81. The molecule has 0 aromatic heterocycles. The molecule has 2 atom stereocenters. The lowest BCUT2D eigenvalue weighted by atomic mass is 10.1. The molecule has 1 unspecified atom stereocenters. The zero-order chi connectivity index (χ0) is 13.8. The van der Waals surface area contributed by atoms with Crippen molar-refractivity contribution in [3.8, 4) is 0 Å². The van der Waals surface area contributed by atoms with Gasteiger partial charge in [0.15, 0.2) is 0 Å². The number of thiol groups is 1. The van der Waals surface area contributed by atoms with Crippen LogP contribution in [0.2, 0.25) is 0 Å². The third-order valence-corrected chi connectivity index (χ3v) is 3.75. The van der Waals surface area contributed by atoms with E-state index in [-0.39, 0.29) is 0 Å². The average Bonchev–Trinajstić information content (AvgIpc) is 2.38. The lowest BCUT2D eigenvalue weighted by Crippen LogP contribution is -2.46. The molecule has 1 heterocycles. The number of hydrogen-bond acceptors (Lipinski definition) is 4. The van der Waals surface area contributed by atoms with Crippen LogP contribution < -0.4 is 4.90 Å². The van der Waals surface area contributed by atoms with Crippen LogP contribution in [0, 0.1) is 0 Å². The van der Waals surface area contributed by atoms with E-state index < -0.39 is 0 Å². The van der Waals surface area contributed by atoms with Crippen LogP contribution in [0.25, 0.3) is 0 Å². The van der Waals surface area contributed by atoms with Gasteiger partial charge in [-0.2, -0.15) is 12.6 Å². The minimum absolute atomic E-state index is 0.292. The smallest absolute Gasteiger partial charge is 0.0877 e. The number of ether oxygens (including phenoxy) is 1. The Labute approximate surface area is 121 Å². The van der Waals surface area contributed by atoms with E-state index >= 15 is 0 Å². The molecule has 3 nitrogen and oxygen atoms in total.